The minimum absolute atomic E-state index is 0.154. The number of aromatic carboxylic acids is 1. The molecule has 2 aromatic heterocycles. The molecule has 0 aliphatic carbocycles. The average molecular weight is 291 g/mol. The molecule has 0 fully saturated rings. The van der Waals surface area contributed by atoms with Crippen molar-refractivity contribution in [3.05, 3.63) is 29.1 Å². The number of aromatic nitrogens is 4. The molecule has 0 atom stereocenters. The Bertz CT molecular complexity index is 699. The summed E-state index contributed by atoms with van der Waals surface area (Å²) >= 11 is 0. The van der Waals surface area contributed by atoms with Gasteiger partial charge in [0.2, 0.25) is 0 Å². The molecule has 0 spiro atoms. The van der Waals surface area contributed by atoms with Gasteiger partial charge in [0, 0.05) is 6.04 Å². The van der Waals surface area contributed by atoms with Gasteiger partial charge in [0.25, 0.3) is 5.91 Å². The summed E-state index contributed by atoms with van der Waals surface area (Å²) in [5.41, 5.74) is 1.66. The molecule has 21 heavy (non-hydrogen) atoms. The van der Waals surface area contributed by atoms with Gasteiger partial charge in [-0.3, -0.25) is 9.48 Å². The number of amides is 1. The van der Waals surface area contributed by atoms with Gasteiger partial charge >= 0.3 is 5.97 Å². The summed E-state index contributed by atoms with van der Waals surface area (Å²) in [5, 5.41) is 16.0. The Hall–Kier alpha value is -2.64. The van der Waals surface area contributed by atoms with E-state index in [0.717, 1.165) is 5.69 Å². The summed E-state index contributed by atoms with van der Waals surface area (Å²) in [5.74, 6) is -1.81. The molecule has 8 heteroatoms. The van der Waals surface area contributed by atoms with Gasteiger partial charge in [-0.2, -0.15) is 5.10 Å². The van der Waals surface area contributed by atoms with Gasteiger partial charge in [0.1, 0.15) is 0 Å². The zero-order valence-electron chi connectivity index (χ0n) is 12.3. The van der Waals surface area contributed by atoms with Crippen molar-refractivity contribution in [2.24, 2.45) is 0 Å². The van der Waals surface area contributed by atoms with E-state index in [1.807, 2.05) is 20.8 Å². The minimum atomic E-state index is -1.23. The smallest absolute Gasteiger partial charge is 0.354 e. The number of nitrogens with one attached hydrogen (secondary N) is 2. The number of H-pyrrole nitrogens is 1. The zero-order valence-corrected chi connectivity index (χ0v) is 12.3. The van der Waals surface area contributed by atoms with Gasteiger partial charge in [0.15, 0.2) is 11.4 Å². The lowest BCUT2D eigenvalue weighted by Crippen LogP contribution is -2.17. The normalized spacial score (nSPS) is 10.9. The van der Waals surface area contributed by atoms with E-state index in [2.05, 4.69) is 20.4 Å². The first-order chi connectivity index (χ1) is 9.82. The number of carboxylic acids is 1. The van der Waals surface area contributed by atoms with E-state index >= 15 is 0 Å². The lowest BCUT2D eigenvalue weighted by molar-refractivity contribution is 0.0686. The van der Waals surface area contributed by atoms with Crippen LogP contribution < -0.4 is 5.32 Å². The number of hydrogen-bond donors (Lipinski definition) is 3. The number of nitrogens with zero attached hydrogens (tertiary/aromatic N) is 3. The maximum atomic E-state index is 12.2. The van der Waals surface area contributed by atoms with Crippen LogP contribution in [-0.4, -0.2) is 36.7 Å². The van der Waals surface area contributed by atoms with Crippen molar-refractivity contribution in [2.45, 2.75) is 33.7 Å². The molecule has 2 aromatic rings. The second-order valence-corrected chi connectivity index (χ2v) is 4.97. The third-order valence-electron chi connectivity index (χ3n) is 3.12. The molecular formula is C13H17N5O3. The van der Waals surface area contributed by atoms with Crippen molar-refractivity contribution in [1.82, 2.24) is 19.7 Å². The maximum absolute atomic E-state index is 12.2. The highest BCUT2D eigenvalue weighted by molar-refractivity contribution is 6.09. The molecule has 8 nitrogen and oxygen atoms in total. The van der Waals surface area contributed by atoms with Crippen LogP contribution in [0.3, 0.4) is 0 Å². The minimum Gasteiger partial charge on any atom is -0.477 e. The van der Waals surface area contributed by atoms with Crippen LogP contribution in [0.5, 0.6) is 0 Å². The quantitative estimate of drug-likeness (QED) is 0.794. The van der Waals surface area contributed by atoms with E-state index in [1.54, 1.807) is 11.6 Å². The SMILES string of the molecule is Cc1nn(C(C)C)c(C)c1NC(=O)c1nc[nH]c1C(=O)O. The Morgan fingerprint density at radius 1 is 1.38 bits per heavy atom. The van der Waals surface area contributed by atoms with Crippen LogP contribution >= 0.6 is 0 Å². The zero-order chi connectivity index (χ0) is 15.7. The van der Waals surface area contributed by atoms with Gasteiger partial charge in [-0.05, 0) is 27.7 Å². The van der Waals surface area contributed by atoms with Crippen LogP contribution in [0.4, 0.5) is 5.69 Å². The molecule has 2 heterocycles. The van der Waals surface area contributed by atoms with Crippen LogP contribution in [-0.2, 0) is 0 Å². The largest absolute Gasteiger partial charge is 0.477 e. The van der Waals surface area contributed by atoms with Gasteiger partial charge in [-0.25, -0.2) is 9.78 Å². The van der Waals surface area contributed by atoms with Crippen molar-refractivity contribution < 1.29 is 14.7 Å². The summed E-state index contributed by atoms with van der Waals surface area (Å²) in [6.07, 6.45) is 1.18. The lowest BCUT2D eigenvalue weighted by atomic mass is 10.2. The Morgan fingerprint density at radius 3 is 2.57 bits per heavy atom. The third-order valence-corrected chi connectivity index (χ3v) is 3.12. The second kappa shape index (κ2) is 5.39. The summed E-state index contributed by atoms with van der Waals surface area (Å²) < 4.78 is 1.80. The van der Waals surface area contributed by atoms with Gasteiger partial charge < -0.3 is 15.4 Å². The van der Waals surface area contributed by atoms with E-state index in [9.17, 15) is 9.59 Å². The molecule has 0 saturated carbocycles. The molecule has 0 aromatic carbocycles. The van der Waals surface area contributed by atoms with Crippen LogP contribution in [0.1, 0.15) is 52.3 Å². The van der Waals surface area contributed by atoms with Gasteiger partial charge in [-0.15, -0.1) is 0 Å². The molecule has 0 saturated heterocycles. The first-order valence-electron chi connectivity index (χ1n) is 6.46. The fraction of sp³-hybridized carbons (Fsp3) is 0.385. The van der Waals surface area contributed by atoms with E-state index in [0.29, 0.717) is 11.4 Å². The van der Waals surface area contributed by atoms with Crippen molar-refractivity contribution in [3.8, 4) is 0 Å². The van der Waals surface area contributed by atoms with E-state index < -0.39 is 11.9 Å². The van der Waals surface area contributed by atoms with Gasteiger partial charge in [-0.1, -0.05) is 0 Å². The molecule has 3 N–H and O–H groups in total. The van der Waals surface area contributed by atoms with Crippen molar-refractivity contribution in [1.29, 1.82) is 0 Å². The monoisotopic (exact) mass is 291 g/mol. The topological polar surface area (TPSA) is 113 Å². The Kier molecular flexibility index (Phi) is 3.79. The van der Waals surface area contributed by atoms with E-state index in [-0.39, 0.29) is 17.4 Å². The van der Waals surface area contributed by atoms with Crippen molar-refractivity contribution in [3.63, 3.8) is 0 Å². The lowest BCUT2D eigenvalue weighted by Gasteiger charge is -2.09. The molecule has 1 amide bonds. The summed E-state index contributed by atoms with van der Waals surface area (Å²) in [6, 6.07) is 0.161. The summed E-state index contributed by atoms with van der Waals surface area (Å²) in [4.78, 5) is 29.4. The first kappa shape index (κ1) is 14.8. The standard InChI is InChI=1S/C13H17N5O3/c1-6(2)18-8(4)9(7(3)17-18)16-12(19)10-11(13(20)21)15-5-14-10/h5-6H,1-4H3,(H,14,15)(H,16,19)(H,20,21). The number of rotatable bonds is 4. The number of imidazole rings is 1. The fourth-order valence-corrected chi connectivity index (χ4v) is 2.15. The van der Waals surface area contributed by atoms with E-state index in [4.69, 9.17) is 5.11 Å². The predicted octanol–water partition coefficient (Wildman–Crippen LogP) is 1.75. The summed E-state index contributed by atoms with van der Waals surface area (Å²) in [6.45, 7) is 7.60. The van der Waals surface area contributed by atoms with Crippen LogP contribution in [0.2, 0.25) is 0 Å². The molecule has 112 valence electrons. The average Bonchev–Trinajstić information content (AvgIpc) is 2.98. The molecule has 0 bridgehead atoms. The number of anilines is 1. The van der Waals surface area contributed by atoms with Gasteiger partial charge in [0.05, 0.1) is 23.4 Å². The summed E-state index contributed by atoms with van der Waals surface area (Å²) in [7, 11) is 0. The highest BCUT2D eigenvalue weighted by atomic mass is 16.4. The Morgan fingerprint density at radius 2 is 2.05 bits per heavy atom. The highest BCUT2D eigenvalue weighted by Crippen LogP contribution is 2.23. The van der Waals surface area contributed by atoms with Crippen LogP contribution in [0.25, 0.3) is 0 Å². The fourth-order valence-electron chi connectivity index (χ4n) is 2.15. The molecule has 0 aliphatic heterocycles. The Balaban J connectivity index is 2.32. The number of carbonyl (C=O) groups is 2. The number of aromatic amines is 1. The van der Waals surface area contributed by atoms with Crippen molar-refractivity contribution >= 4 is 17.6 Å². The number of hydrogen-bond acceptors (Lipinski definition) is 4. The van der Waals surface area contributed by atoms with Crippen LogP contribution in [0.15, 0.2) is 6.33 Å². The Labute approximate surface area is 121 Å². The molecular weight excluding hydrogens is 274 g/mol. The molecule has 0 radical (unpaired) electrons. The second-order valence-electron chi connectivity index (χ2n) is 4.97. The molecule has 0 aliphatic rings. The first-order valence-corrected chi connectivity index (χ1v) is 6.46. The number of carbonyl (C=O) groups excluding carboxylic acids is 1. The number of aryl methyl sites for hydroxylation is 1. The maximum Gasteiger partial charge on any atom is 0.354 e. The molecule has 0 unspecified atom stereocenters. The number of carboxylic acid groups (broad SMARTS) is 1. The van der Waals surface area contributed by atoms with Crippen molar-refractivity contribution in [2.75, 3.05) is 5.32 Å². The predicted molar refractivity (Wildman–Crippen MR) is 75.6 cm³/mol. The molecule has 2 rings (SSSR count). The third kappa shape index (κ3) is 2.64. The van der Waals surface area contributed by atoms with E-state index in [1.165, 1.54) is 6.33 Å². The van der Waals surface area contributed by atoms with Crippen LogP contribution in [0, 0.1) is 13.8 Å². The highest BCUT2D eigenvalue weighted by Gasteiger charge is 2.22.